The van der Waals surface area contributed by atoms with Crippen molar-refractivity contribution < 1.29 is 9.53 Å². The van der Waals surface area contributed by atoms with Gasteiger partial charge in [0.1, 0.15) is 11.8 Å². The zero-order valence-corrected chi connectivity index (χ0v) is 16.9. The van der Waals surface area contributed by atoms with Gasteiger partial charge in [-0.15, -0.1) is 0 Å². The molecule has 0 unspecified atom stereocenters. The Balaban J connectivity index is 1.92. The van der Waals surface area contributed by atoms with Crippen molar-refractivity contribution in [1.82, 2.24) is 9.78 Å². The van der Waals surface area contributed by atoms with Gasteiger partial charge in [0.05, 0.1) is 12.8 Å². The topological polar surface area (TPSA) is 73.2 Å². The van der Waals surface area contributed by atoms with Crippen molar-refractivity contribution in [3.05, 3.63) is 76.6 Å². The monoisotopic (exact) mass is 391 g/mol. The first-order chi connectivity index (χ1) is 14.1. The third-order valence-corrected chi connectivity index (χ3v) is 4.85. The summed E-state index contributed by atoms with van der Waals surface area (Å²) in [6, 6.07) is 17.5. The zero-order valence-electron chi connectivity index (χ0n) is 16.9. The summed E-state index contributed by atoms with van der Waals surface area (Å²) < 4.78 is 6.45. The highest BCUT2D eigenvalue weighted by Gasteiger charge is 2.22. The number of hydrogen-bond acceptors (Lipinski definition) is 4. The molecule has 1 heterocycles. The summed E-state index contributed by atoms with van der Waals surface area (Å²) in [6.07, 6.45) is 1.25. The molecule has 6 heteroatoms. The number of rotatable bonds is 7. The summed E-state index contributed by atoms with van der Waals surface area (Å²) in [4.78, 5) is 25.5. The molecule has 1 aromatic heterocycles. The van der Waals surface area contributed by atoms with Crippen LogP contribution in [0, 0.1) is 0 Å². The molecule has 0 saturated carbocycles. The molecule has 6 nitrogen and oxygen atoms in total. The number of benzene rings is 2. The zero-order chi connectivity index (χ0) is 20.8. The van der Waals surface area contributed by atoms with Gasteiger partial charge >= 0.3 is 0 Å². The molecule has 2 aromatic carbocycles. The fourth-order valence-electron chi connectivity index (χ4n) is 3.20. The number of para-hydroxylation sites is 1. The smallest absolute Gasteiger partial charge is 0.267 e. The summed E-state index contributed by atoms with van der Waals surface area (Å²) >= 11 is 0. The Morgan fingerprint density at radius 1 is 1.07 bits per heavy atom. The lowest BCUT2D eigenvalue weighted by Gasteiger charge is -2.18. The maximum absolute atomic E-state index is 13.0. The van der Waals surface area contributed by atoms with E-state index < -0.39 is 6.04 Å². The highest BCUT2D eigenvalue weighted by molar-refractivity contribution is 5.94. The first-order valence-corrected chi connectivity index (χ1v) is 9.70. The van der Waals surface area contributed by atoms with Gasteiger partial charge in [0.15, 0.2) is 0 Å². The van der Waals surface area contributed by atoms with Crippen LogP contribution in [0.4, 0.5) is 5.69 Å². The number of aromatic nitrogens is 2. The molecule has 1 atom stereocenters. The Bertz CT molecular complexity index is 1040. The Labute approximate surface area is 170 Å². The molecule has 0 aliphatic heterocycles. The van der Waals surface area contributed by atoms with E-state index in [2.05, 4.69) is 10.4 Å². The molecule has 0 radical (unpaired) electrons. The van der Waals surface area contributed by atoms with Crippen molar-refractivity contribution in [2.45, 2.75) is 32.7 Å². The maximum atomic E-state index is 13.0. The Hall–Kier alpha value is -3.41. The van der Waals surface area contributed by atoms with E-state index in [9.17, 15) is 9.59 Å². The molecule has 150 valence electrons. The Morgan fingerprint density at radius 2 is 1.79 bits per heavy atom. The lowest BCUT2D eigenvalue weighted by atomic mass is 10.1. The van der Waals surface area contributed by atoms with E-state index >= 15 is 0 Å². The van der Waals surface area contributed by atoms with E-state index in [1.54, 1.807) is 13.2 Å². The van der Waals surface area contributed by atoms with Crippen LogP contribution < -0.4 is 15.6 Å². The van der Waals surface area contributed by atoms with Gasteiger partial charge in [0.2, 0.25) is 5.91 Å². The van der Waals surface area contributed by atoms with Crippen molar-refractivity contribution in [1.29, 1.82) is 0 Å². The highest BCUT2D eigenvalue weighted by atomic mass is 16.5. The first kappa shape index (κ1) is 20.3. The van der Waals surface area contributed by atoms with Crippen molar-refractivity contribution in [2.75, 3.05) is 12.4 Å². The third kappa shape index (κ3) is 4.54. The Morgan fingerprint density at radius 3 is 2.45 bits per heavy atom. The number of carbonyl (C=O) groups excluding carboxylic acids is 1. The van der Waals surface area contributed by atoms with Gasteiger partial charge in [-0.05, 0) is 54.8 Å². The molecule has 29 heavy (non-hydrogen) atoms. The lowest BCUT2D eigenvalue weighted by Crippen LogP contribution is -2.34. The van der Waals surface area contributed by atoms with Crippen molar-refractivity contribution in [2.24, 2.45) is 0 Å². The quantitative estimate of drug-likeness (QED) is 0.659. The predicted molar refractivity (Wildman–Crippen MR) is 114 cm³/mol. The fourth-order valence-corrected chi connectivity index (χ4v) is 3.20. The second kappa shape index (κ2) is 9.19. The van der Waals surface area contributed by atoms with Gasteiger partial charge in [0.25, 0.3) is 5.56 Å². The minimum Gasteiger partial charge on any atom is -0.497 e. The minimum absolute atomic E-state index is 0.255. The van der Waals surface area contributed by atoms with Crippen LogP contribution >= 0.6 is 0 Å². The molecule has 0 bridgehead atoms. The minimum atomic E-state index is -0.703. The molecule has 1 amide bonds. The van der Waals surface area contributed by atoms with Crippen LogP contribution in [-0.2, 0) is 11.2 Å². The number of methoxy groups -OCH3 is 1. The van der Waals surface area contributed by atoms with E-state index in [0.717, 1.165) is 29.0 Å². The molecular formula is C23H25N3O3. The van der Waals surface area contributed by atoms with Gasteiger partial charge in [-0.1, -0.05) is 32.0 Å². The number of amides is 1. The van der Waals surface area contributed by atoms with Crippen molar-refractivity contribution in [3.8, 4) is 17.0 Å². The van der Waals surface area contributed by atoms with Crippen LogP contribution in [0.1, 0.15) is 31.9 Å². The van der Waals surface area contributed by atoms with E-state index in [1.165, 1.54) is 10.7 Å². The van der Waals surface area contributed by atoms with Crippen LogP contribution in [-0.4, -0.2) is 22.8 Å². The fraction of sp³-hybridized carbons (Fsp3) is 0.261. The van der Waals surface area contributed by atoms with Crippen molar-refractivity contribution in [3.63, 3.8) is 0 Å². The van der Waals surface area contributed by atoms with E-state index in [1.807, 2.05) is 62.4 Å². The van der Waals surface area contributed by atoms with Crippen molar-refractivity contribution >= 4 is 11.6 Å². The second-order valence-corrected chi connectivity index (χ2v) is 6.65. The number of aryl methyl sites for hydroxylation is 1. The second-order valence-electron chi connectivity index (χ2n) is 6.65. The number of carbonyl (C=O) groups is 1. The van der Waals surface area contributed by atoms with Gasteiger partial charge < -0.3 is 10.1 Å². The average Bonchev–Trinajstić information content (AvgIpc) is 2.76. The predicted octanol–water partition coefficient (Wildman–Crippen LogP) is 4.07. The molecule has 0 aliphatic carbocycles. The summed E-state index contributed by atoms with van der Waals surface area (Å²) in [7, 11) is 1.61. The number of anilines is 1. The van der Waals surface area contributed by atoms with Gasteiger partial charge in [-0.2, -0.15) is 5.10 Å². The molecule has 0 aliphatic rings. The molecule has 0 spiro atoms. The largest absolute Gasteiger partial charge is 0.497 e. The van der Waals surface area contributed by atoms with Gasteiger partial charge in [0, 0.05) is 17.3 Å². The molecule has 3 aromatic rings. The van der Waals surface area contributed by atoms with Crippen LogP contribution in [0.5, 0.6) is 5.75 Å². The van der Waals surface area contributed by atoms with Crippen LogP contribution in [0.25, 0.3) is 11.3 Å². The number of hydrogen-bond donors (Lipinski definition) is 1. The molecule has 3 rings (SSSR count). The van der Waals surface area contributed by atoms with Gasteiger partial charge in [-0.25, -0.2) is 4.68 Å². The van der Waals surface area contributed by atoms with E-state index in [0.29, 0.717) is 12.1 Å². The maximum Gasteiger partial charge on any atom is 0.267 e. The number of nitrogens with one attached hydrogen (secondary N) is 1. The molecular weight excluding hydrogens is 366 g/mol. The SMILES string of the molecule is CCc1ccccc1NC(=O)[C@@H](CC)n1nc(-c2ccc(OC)cc2)ccc1=O. The number of nitrogens with zero attached hydrogens (tertiary/aromatic N) is 2. The third-order valence-electron chi connectivity index (χ3n) is 4.85. The first-order valence-electron chi connectivity index (χ1n) is 9.70. The molecule has 0 saturated heterocycles. The van der Waals surface area contributed by atoms with Gasteiger partial charge in [-0.3, -0.25) is 9.59 Å². The molecule has 0 fully saturated rings. The standard InChI is InChI=1S/C23H25N3O3/c1-4-16-8-6-7-9-19(16)24-23(28)21(5-2)26-22(27)15-14-20(25-26)17-10-12-18(29-3)13-11-17/h6-15,21H,4-5H2,1-3H3,(H,24,28)/t21-/m1/s1. The van der Waals surface area contributed by atoms with E-state index in [-0.39, 0.29) is 11.5 Å². The average molecular weight is 391 g/mol. The summed E-state index contributed by atoms with van der Waals surface area (Å²) in [5.41, 5.74) is 2.95. The van der Waals surface area contributed by atoms with Crippen LogP contribution in [0.3, 0.4) is 0 Å². The highest BCUT2D eigenvalue weighted by Crippen LogP contribution is 2.22. The van der Waals surface area contributed by atoms with Crippen LogP contribution in [0.15, 0.2) is 65.5 Å². The summed E-state index contributed by atoms with van der Waals surface area (Å²) in [5.74, 6) is 0.484. The van der Waals surface area contributed by atoms with E-state index in [4.69, 9.17) is 4.74 Å². The normalized spacial score (nSPS) is 11.7. The Kier molecular flexibility index (Phi) is 6.44. The lowest BCUT2D eigenvalue weighted by molar-refractivity contribution is -0.119. The summed E-state index contributed by atoms with van der Waals surface area (Å²) in [6.45, 7) is 3.90. The number of ether oxygens (including phenoxy) is 1. The molecule has 1 N–H and O–H groups in total. The van der Waals surface area contributed by atoms with Crippen LogP contribution in [0.2, 0.25) is 0 Å². The summed E-state index contributed by atoms with van der Waals surface area (Å²) in [5, 5.41) is 7.43.